The van der Waals surface area contributed by atoms with E-state index in [1.807, 2.05) is 0 Å². The van der Waals surface area contributed by atoms with E-state index in [9.17, 15) is 0 Å². The van der Waals surface area contributed by atoms with Crippen LogP contribution in [-0.2, 0) is 0 Å². The Morgan fingerprint density at radius 3 is 2.48 bits per heavy atom. The SMILES string of the molecule is CCCNC(C1CCC(C)CC1)C1CN(C)CCCN1C. The number of hydrogen-bond donors (Lipinski definition) is 1. The first-order valence-corrected chi connectivity index (χ1v) is 9.24. The highest BCUT2D eigenvalue weighted by Crippen LogP contribution is 2.32. The van der Waals surface area contributed by atoms with Crippen molar-refractivity contribution in [1.82, 2.24) is 15.1 Å². The average Bonchev–Trinajstić information content (AvgIpc) is 2.63. The van der Waals surface area contributed by atoms with Gasteiger partial charge in [-0.15, -0.1) is 0 Å². The van der Waals surface area contributed by atoms with Crippen LogP contribution >= 0.6 is 0 Å². The zero-order chi connectivity index (χ0) is 15.2. The fourth-order valence-corrected chi connectivity index (χ4v) is 4.27. The summed E-state index contributed by atoms with van der Waals surface area (Å²) in [6.07, 6.45) is 8.27. The molecule has 1 heterocycles. The van der Waals surface area contributed by atoms with Crippen molar-refractivity contribution >= 4 is 0 Å². The van der Waals surface area contributed by atoms with Gasteiger partial charge < -0.3 is 15.1 Å². The van der Waals surface area contributed by atoms with Gasteiger partial charge >= 0.3 is 0 Å². The Morgan fingerprint density at radius 2 is 1.81 bits per heavy atom. The van der Waals surface area contributed by atoms with Crippen molar-refractivity contribution in [2.75, 3.05) is 40.3 Å². The third-order valence-electron chi connectivity index (χ3n) is 5.73. The van der Waals surface area contributed by atoms with Crippen LogP contribution in [0.4, 0.5) is 0 Å². The summed E-state index contributed by atoms with van der Waals surface area (Å²) in [5.41, 5.74) is 0. The van der Waals surface area contributed by atoms with E-state index in [1.54, 1.807) is 0 Å². The van der Waals surface area contributed by atoms with Crippen LogP contribution in [0.3, 0.4) is 0 Å². The summed E-state index contributed by atoms with van der Waals surface area (Å²) in [7, 11) is 4.64. The van der Waals surface area contributed by atoms with Crippen LogP contribution in [0.5, 0.6) is 0 Å². The van der Waals surface area contributed by atoms with Gasteiger partial charge in [-0.05, 0) is 71.2 Å². The van der Waals surface area contributed by atoms with Gasteiger partial charge in [0.15, 0.2) is 0 Å². The fourth-order valence-electron chi connectivity index (χ4n) is 4.27. The van der Waals surface area contributed by atoms with Crippen molar-refractivity contribution in [3.8, 4) is 0 Å². The third-order valence-corrected chi connectivity index (χ3v) is 5.73. The molecule has 0 bridgehead atoms. The molecule has 0 amide bonds. The minimum atomic E-state index is 0.683. The minimum absolute atomic E-state index is 0.683. The van der Waals surface area contributed by atoms with Crippen molar-refractivity contribution in [3.05, 3.63) is 0 Å². The highest BCUT2D eigenvalue weighted by atomic mass is 15.2. The lowest BCUT2D eigenvalue weighted by Crippen LogP contribution is -2.56. The van der Waals surface area contributed by atoms with Gasteiger partial charge in [0.2, 0.25) is 0 Å². The monoisotopic (exact) mass is 295 g/mol. The minimum Gasteiger partial charge on any atom is -0.312 e. The lowest BCUT2D eigenvalue weighted by Gasteiger charge is -2.42. The molecule has 2 fully saturated rings. The second-order valence-electron chi connectivity index (χ2n) is 7.66. The molecular formula is C18H37N3. The van der Waals surface area contributed by atoms with Crippen molar-refractivity contribution in [2.45, 2.75) is 64.5 Å². The Hall–Kier alpha value is -0.120. The molecule has 2 atom stereocenters. The molecule has 2 aliphatic rings. The van der Waals surface area contributed by atoms with Crippen LogP contribution in [0.2, 0.25) is 0 Å². The van der Waals surface area contributed by atoms with Gasteiger partial charge in [-0.3, -0.25) is 0 Å². The fraction of sp³-hybridized carbons (Fsp3) is 1.00. The third kappa shape index (κ3) is 4.94. The average molecular weight is 296 g/mol. The molecule has 3 heteroatoms. The maximum atomic E-state index is 3.93. The largest absolute Gasteiger partial charge is 0.312 e. The van der Waals surface area contributed by atoms with Crippen molar-refractivity contribution < 1.29 is 0 Å². The Labute approximate surface area is 132 Å². The molecule has 0 radical (unpaired) electrons. The summed E-state index contributed by atoms with van der Waals surface area (Å²) in [6.45, 7) is 9.62. The molecule has 124 valence electrons. The Bertz CT molecular complexity index is 286. The van der Waals surface area contributed by atoms with Gasteiger partial charge in [-0.1, -0.05) is 26.7 Å². The van der Waals surface area contributed by atoms with Crippen molar-refractivity contribution in [1.29, 1.82) is 0 Å². The van der Waals surface area contributed by atoms with E-state index in [0.717, 1.165) is 11.8 Å². The summed E-state index contributed by atoms with van der Waals surface area (Å²) in [5, 5.41) is 3.93. The molecule has 0 spiro atoms. The van der Waals surface area contributed by atoms with Crippen LogP contribution in [-0.4, -0.2) is 62.2 Å². The summed E-state index contributed by atoms with van der Waals surface area (Å²) in [5.74, 6) is 1.83. The zero-order valence-electron chi connectivity index (χ0n) is 14.8. The number of nitrogens with zero attached hydrogens (tertiary/aromatic N) is 2. The Kier molecular flexibility index (Phi) is 6.97. The van der Waals surface area contributed by atoms with E-state index >= 15 is 0 Å². The van der Waals surface area contributed by atoms with Crippen molar-refractivity contribution in [2.24, 2.45) is 11.8 Å². The normalized spacial score (nSPS) is 34.6. The zero-order valence-corrected chi connectivity index (χ0v) is 14.8. The highest BCUT2D eigenvalue weighted by molar-refractivity contribution is 4.93. The summed E-state index contributed by atoms with van der Waals surface area (Å²) in [4.78, 5) is 5.18. The van der Waals surface area contributed by atoms with E-state index in [-0.39, 0.29) is 0 Å². The molecule has 1 aliphatic carbocycles. The molecule has 21 heavy (non-hydrogen) atoms. The predicted molar refractivity (Wildman–Crippen MR) is 91.7 cm³/mol. The molecule has 2 rings (SSSR count). The van der Waals surface area contributed by atoms with Gasteiger partial charge in [0, 0.05) is 18.6 Å². The topological polar surface area (TPSA) is 18.5 Å². The van der Waals surface area contributed by atoms with E-state index in [2.05, 4.69) is 43.1 Å². The Balaban J connectivity index is 2.05. The number of nitrogens with one attached hydrogen (secondary N) is 1. The standard InChI is InChI=1S/C18H37N3/c1-5-11-19-18(16-9-7-15(2)8-10-16)17-14-20(3)12-6-13-21(17)4/h15-19H,5-14H2,1-4H3. The van der Waals surface area contributed by atoms with Crippen LogP contribution < -0.4 is 5.32 Å². The van der Waals surface area contributed by atoms with Crippen LogP contribution in [0, 0.1) is 11.8 Å². The summed E-state index contributed by atoms with van der Waals surface area (Å²) < 4.78 is 0. The summed E-state index contributed by atoms with van der Waals surface area (Å²) >= 11 is 0. The molecule has 1 saturated heterocycles. The van der Waals surface area contributed by atoms with Gasteiger partial charge in [-0.25, -0.2) is 0 Å². The second-order valence-corrected chi connectivity index (χ2v) is 7.66. The molecule has 2 unspecified atom stereocenters. The van der Waals surface area contributed by atoms with E-state index in [4.69, 9.17) is 0 Å². The number of likely N-dealkylation sites (N-methyl/N-ethyl adjacent to an activating group) is 2. The first-order chi connectivity index (χ1) is 10.1. The first-order valence-electron chi connectivity index (χ1n) is 9.24. The van der Waals surface area contributed by atoms with Gasteiger partial charge in [-0.2, -0.15) is 0 Å². The Morgan fingerprint density at radius 1 is 1.10 bits per heavy atom. The molecule has 1 saturated carbocycles. The summed E-state index contributed by atoms with van der Waals surface area (Å²) in [6, 6.07) is 1.37. The number of rotatable bonds is 5. The van der Waals surface area contributed by atoms with E-state index < -0.39 is 0 Å². The van der Waals surface area contributed by atoms with E-state index in [0.29, 0.717) is 12.1 Å². The molecule has 0 aromatic heterocycles. The van der Waals surface area contributed by atoms with Crippen molar-refractivity contribution in [3.63, 3.8) is 0 Å². The maximum Gasteiger partial charge on any atom is 0.0376 e. The van der Waals surface area contributed by atoms with Gasteiger partial charge in [0.1, 0.15) is 0 Å². The molecule has 0 aromatic carbocycles. The number of hydrogen-bond acceptors (Lipinski definition) is 3. The molecule has 3 nitrogen and oxygen atoms in total. The molecule has 1 aliphatic heterocycles. The quantitative estimate of drug-likeness (QED) is 0.841. The van der Waals surface area contributed by atoms with Gasteiger partial charge in [0.05, 0.1) is 0 Å². The second kappa shape index (κ2) is 8.50. The van der Waals surface area contributed by atoms with Crippen LogP contribution in [0.15, 0.2) is 0 Å². The highest BCUT2D eigenvalue weighted by Gasteiger charge is 2.34. The van der Waals surface area contributed by atoms with Crippen LogP contribution in [0.25, 0.3) is 0 Å². The van der Waals surface area contributed by atoms with E-state index in [1.165, 1.54) is 64.7 Å². The predicted octanol–water partition coefficient (Wildman–Crippen LogP) is 2.82. The molecule has 1 N–H and O–H groups in total. The molecular weight excluding hydrogens is 258 g/mol. The lowest BCUT2D eigenvalue weighted by molar-refractivity contribution is 0.118. The van der Waals surface area contributed by atoms with Crippen LogP contribution in [0.1, 0.15) is 52.4 Å². The first kappa shape index (κ1) is 17.2. The molecule has 0 aromatic rings. The van der Waals surface area contributed by atoms with Gasteiger partial charge in [0.25, 0.3) is 0 Å². The maximum absolute atomic E-state index is 3.93. The smallest absolute Gasteiger partial charge is 0.0376 e. The lowest BCUT2D eigenvalue weighted by atomic mass is 9.77.